The average Bonchev–Trinajstić information content (AvgIpc) is 2.74. The molecular formula is C22H26N4O2. The molecule has 0 aliphatic rings. The molecule has 0 saturated carbocycles. The molecule has 3 aromatic rings. The second kappa shape index (κ2) is 9.60. The largest absolute Gasteiger partial charge is 0.493 e. The standard InChI is InChI=1S/C22H26N4O2/c1-16(28-21-11-7-6-10-20(21)27-3)14-25-22(23-2)26-15-17-12-13-24-19-9-5-4-8-18(17)19/h4-13,16H,14-15H2,1-3H3,(H2,23,25,26). The minimum absolute atomic E-state index is 0.0587. The van der Waals surface area contributed by atoms with Crippen molar-refractivity contribution in [2.75, 3.05) is 20.7 Å². The Hall–Kier alpha value is -3.28. The number of fused-ring (bicyclic) bond motifs is 1. The van der Waals surface area contributed by atoms with Crippen LogP contribution in [-0.4, -0.2) is 37.7 Å². The van der Waals surface area contributed by atoms with Crippen LogP contribution in [0.1, 0.15) is 12.5 Å². The molecule has 28 heavy (non-hydrogen) atoms. The van der Waals surface area contributed by atoms with Crippen molar-refractivity contribution in [3.05, 3.63) is 66.4 Å². The number of guanidine groups is 1. The summed E-state index contributed by atoms with van der Waals surface area (Å²) in [6.07, 6.45) is 1.77. The highest BCUT2D eigenvalue weighted by Crippen LogP contribution is 2.26. The summed E-state index contributed by atoms with van der Waals surface area (Å²) in [5.74, 6) is 2.17. The summed E-state index contributed by atoms with van der Waals surface area (Å²) in [4.78, 5) is 8.70. The van der Waals surface area contributed by atoms with Crippen molar-refractivity contribution in [2.45, 2.75) is 19.6 Å². The number of nitrogens with zero attached hydrogens (tertiary/aromatic N) is 2. The van der Waals surface area contributed by atoms with Gasteiger partial charge < -0.3 is 20.1 Å². The van der Waals surface area contributed by atoms with Gasteiger partial charge in [-0.25, -0.2) is 0 Å². The van der Waals surface area contributed by atoms with E-state index in [9.17, 15) is 0 Å². The highest BCUT2D eigenvalue weighted by atomic mass is 16.5. The van der Waals surface area contributed by atoms with Crippen LogP contribution in [0, 0.1) is 0 Å². The predicted molar refractivity (Wildman–Crippen MR) is 113 cm³/mol. The van der Waals surface area contributed by atoms with Gasteiger partial charge in [0.1, 0.15) is 6.10 Å². The van der Waals surface area contributed by atoms with E-state index in [1.807, 2.05) is 61.7 Å². The molecular weight excluding hydrogens is 352 g/mol. The van der Waals surface area contributed by atoms with Gasteiger partial charge in [0.05, 0.1) is 19.2 Å². The smallest absolute Gasteiger partial charge is 0.191 e. The maximum absolute atomic E-state index is 5.97. The lowest BCUT2D eigenvalue weighted by Gasteiger charge is -2.19. The molecule has 0 amide bonds. The molecule has 6 nitrogen and oxygen atoms in total. The van der Waals surface area contributed by atoms with Crippen molar-refractivity contribution in [3.8, 4) is 11.5 Å². The summed E-state index contributed by atoms with van der Waals surface area (Å²) in [7, 11) is 3.39. The number of aromatic nitrogens is 1. The monoisotopic (exact) mass is 378 g/mol. The van der Waals surface area contributed by atoms with E-state index >= 15 is 0 Å². The third-order valence-corrected chi connectivity index (χ3v) is 4.36. The predicted octanol–water partition coefficient (Wildman–Crippen LogP) is 3.38. The summed E-state index contributed by atoms with van der Waals surface area (Å²) >= 11 is 0. The van der Waals surface area contributed by atoms with E-state index in [-0.39, 0.29) is 6.10 Å². The lowest BCUT2D eigenvalue weighted by molar-refractivity contribution is 0.213. The maximum Gasteiger partial charge on any atom is 0.191 e. The van der Waals surface area contributed by atoms with Crippen LogP contribution < -0.4 is 20.1 Å². The Bertz CT molecular complexity index is 937. The lowest BCUT2D eigenvalue weighted by Crippen LogP contribution is -2.41. The highest BCUT2D eigenvalue weighted by molar-refractivity contribution is 5.83. The molecule has 1 atom stereocenters. The first-order valence-corrected chi connectivity index (χ1v) is 9.28. The molecule has 1 unspecified atom stereocenters. The van der Waals surface area contributed by atoms with Gasteiger partial charge in [-0.2, -0.15) is 0 Å². The molecule has 0 radical (unpaired) electrons. The summed E-state index contributed by atoms with van der Waals surface area (Å²) < 4.78 is 11.3. The van der Waals surface area contributed by atoms with Crippen molar-refractivity contribution in [1.29, 1.82) is 0 Å². The molecule has 0 fully saturated rings. The van der Waals surface area contributed by atoms with Gasteiger partial charge in [0, 0.05) is 25.2 Å². The van der Waals surface area contributed by atoms with E-state index in [1.165, 1.54) is 5.56 Å². The quantitative estimate of drug-likeness (QED) is 0.487. The zero-order valence-electron chi connectivity index (χ0n) is 16.5. The van der Waals surface area contributed by atoms with Crippen LogP contribution in [0.3, 0.4) is 0 Å². The fourth-order valence-corrected chi connectivity index (χ4v) is 2.92. The Morgan fingerprint density at radius 2 is 1.79 bits per heavy atom. The van der Waals surface area contributed by atoms with Gasteiger partial charge in [0.15, 0.2) is 17.5 Å². The molecule has 2 aromatic carbocycles. The number of para-hydroxylation sites is 3. The number of benzene rings is 2. The van der Waals surface area contributed by atoms with Crippen LogP contribution in [-0.2, 0) is 6.54 Å². The molecule has 6 heteroatoms. The number of methoxy groups -OCH3 is 1. The molecule has 0 bridgehead atoms. The van der Waals surface area contributed by atoms with Crippen LogP contribution in [0.5, 0.6) is 11.5 Å². The van der Waals surface area contributed by atoms with Gasteiger partial charge in [-0.15, -0.1) is 0 Å². The zero-order valence-corrected chi connectivity index (χ0v) is 16.5. The Balaban J connectivity index is 1.54. The van der Waals surface area contributed by atoms with E-state index in [0.29, 0.717) is 13.1 Å². The number of ether oxygens (including phenoxy) is 2. The van der Waals surface area contributed by atoms with Gasteiger partial charge in [-0.3, -0.25) is 9.98 Å². The highest BCUT2D eigenvalue weighted by Gasteiger charge is 2.10. The number of rotatable bonds is 7. The molecule has 0 saturated heterocycles. The van der Waals surface area contributed by atoms with Crippen molar-refractivity contribution in [2.24, 2.45) is 4.99 Å². The topological polar surface area (TPSA) is 67.8 Å². The van der Waals surface area contributed by atoms with Gasteiger partial charge in [-0.1, -0.05) is 30.3 Å². The first-order valence-electron chi connectivity index (χ1n) is 9.28. The fourth-order valence-electron chi connectivity index (χ4n) is 2.92. The summed E-state index contributed by atoms with van der Waals surface area (Å²) in [5.41, 5.74) is 2.16. The number of nitrogens with one attached hydrogen (secondary N) is 2. The van der Waals surface area contributed by atoms with Crippen molar-refractivity contribution in [3.63, 3.8) is 0 Å². The molecule has 1 aromatic heterocycles. The van der Waals surface area contributed by atoms with Crippen molar-refractivity contribution >= 4 is 16.9 Å². The molecule has 2 N–H and O–H groups in total. The molecule has 0 spiro atoms. The van der Waals surface area contributed by atoms with E-state index in [2.05, 4.69) is 26.7 Å². The van der Waals surface area contributed by atoms with Gasteiger partial charge in [-0.05, 0) is 36.8 Å². The first kappa shape index (κ1) is 19.5. The number of aliphatic imine (C=N–C) groups is 1. The SMILES string of the molecule is CN=C(NCc1ccnc2ccccc12)NCC(C)Oc1ccccc1OC. The fraction of sp³-hybridized carbons (Fsp3) is 0.273. The third kappa shape index (κ3) is 4.91. The second-order valence-corrected chi connectivity index (χ2v) is 6.37. The molecule has 0 aliphatic heterocycles. The summed E-state index contributed by atoms with van der Waals surface area (Å²) in [6, 6.07) is 17.8. The van der Waals surface area contributed by atoms with Crippen LogP contribution in [0.2, 0.25) is 0 Å². The molecule has 146 valence electrons. The lowest BCUT2D eigenvalue weighted by atomic mass is 10.1. The second-order valence-electron chi connectivity index (χ2n) is 6.37. The van der Waals surface area contributed by atoms with E-state index in [4.69, 9.17) is 9.47 Å². The maximum atomic E-state index is 5.97. The Morgan fingerprint density at radius 1 is 1.04 bits per heavy atom. The van der Waals surface area contributed by atoms with Gasteiger partial charge >= 0.3 is 0 Å². The molecule has 0 aliphatic carbocycles. The average molecular weight is 378 g/mol. The minimum atomic E-state index is -0.0587. The molecule has 3 rings (SSSR count). The number of hydrogen-bond acceptors (Lipinski definition) is 4. The van der Waals surface area contributed by atoms with Crippen LogP contribution in [0.4, 0.5) is 0 Å². The van der Waals surface area contributed by atoms with E-state index in [0.717, 1.165) is 28.4 Å². The molecule has 1 heterocycles. The minimum Gasteiger partial charge on any atom is -0.493 e. The third-order valence-electron chi connectivity index (χ3n) is 4.36. The van der Waals surface area contributed by atoms with E-state index in [1.54, 1.807) is 14.2 Å². The van der Waals surface area contributed by atoms with E-state index < -0.39 is 0 Å². The zero-order chi connectivity index (χ0) is 19.8. The van der Waals surface area contributed by atoms with Gasteiger partial charge in [0.25, 0.3) is 0 Å². The van der Waals surface area contributed by atoms with Crippen molar-refractivity contribution in [1.82, 2.24) is 15.6 Å². The number of pyridine rings is 1. The first-order chi connectivity index (χ1) is 13.7. The van der Waals surface area contributed by atoms with Crippen LogP contribution in [0.25, 0.3) is 10.9 Å². The van der Waals surface area contributed by atoms with Crippen LogP contribution in [0.15, 0.2) is 65.8 Å². The van der Waals surface area contributed by atoms with Crippen LogP contribution >= 0.6 is 0 Å². The Labute approximate surface area is 165 Å². The summed E-state index contributed by atoms with van der Waals surface area (Å²) in [6.45, 7) is 3.27. The van der Waals surface area contributed by atoms with Crippen molar-refractivity contribution < 1.29 is 9.47 Å². The Kier molecular flexibility index (Phi) is 6.68. The Morgan fingerprint density at radius 3 is 2.57 bits per heavy atom. The number of hydrogen-bond donors (Lipinski definition) is 2. The summed E-state index contributed by atoms with van der Waals surface area (Å²) in [5, 5.41) is 7.79. The van der Waals surface area contributed by atoms with Gasteiger partial charge in [0.2, 0.25) is 0 Å². The normalized spacial score (nSPS) is 12.5.